The van der Waals surface area contributed by atoms with Crippen LogP contribution in [0.1, 0.15) is 19.3 Å². The standard InChI is InChI=1S/C13H18N4/c1-16-9-10-7-13(11(14)8-12(10)15-16)17-5-3-2-4-6-17/h7-9H,2-6,14H2,1H3. The number of nitrogens with zero attached hydrogens (tertiary/aromatic N) is 3. The molecule has 0 spiro atoms. The molecule has 1 aromatic carbocycles. The van der Waals surface area contributed by atoms with Crippen LogP contribution in [0.25, 0.3) is 10.9 Å². The van der Waals surface area contributed by atoms with Gasteiger partial charge in [0.1, 0.15) is 0 Å². The largest absolute Gasteiger partial charge is 0.397 e. The minimum Gasteiger partial charge on any atom is -0.397 e. The Balaban J connectivity index is 2.05. The molecule has 0 unspecified atom stereocenters. The van der Waals surface area contributed by atoms with Gasteiger partial charge < -0.3 is 10.6 Å². The maximum atomic E-state index is 6.14. The summed E-state index contributed by atoms with van der Waals surface area (Å²) in [5, 5.41) is 5.55. The summed E-state index contributed by atoms with van der Waals surface area (Å²) in [5.41, 5.74) is 9.13. The van der Waals surface area contributed by atoms with Gasteiger partial charge in [-0.2, -0.15) is 5.10 Å². The number of hydrogen-bond donors (Lipinski definition) is 1. The molecule has 1 aromatic heterocycles. The number of piperidine rings is 1. The lowest BCUT2D eigenvalue weighted by Gasteiger charge is -2.29. The Morgan fingerprint density at radius 2 is 1.94 bits per heavy atom. The molecule has 1 aliphatic rings. The third kappa shape index (κ3) is 1.84. The van der Waals surface area contributed by atoms with E-state index in [1.807, 2.05) is 24.0 Å². The summed E-state index contributed by atoms with van der Waals surface area (Å²) >= 11 is 0. The van der Waals surface area contributed by atoms with Crippen molar-refractivity contribution in [3.05, 3.63) is 18.3 Å². The lowest BCUT2D eigenvalue weighted by Crippen LogP contribution is -2.29. The van der Waals surface area contributed by atoms with Crippen molar-refractivity contribution in [1.82, 2.24) is 9.78 Å². The fourth-order valence-corrected chi connectivity index (χ4v) is 2.61. The Morgan fingerprint density at radius 1 is 1.18 bits per heavy atom. The molecule has 0 saturated carbocycles. The maximum Gasteiger partial charge on any atom is 0.0945 e. The van der Waals surface area contributed by atoms with Crippen LogP contribution in [-0.4, -0.2) is 22.9 Å². The fraction of sp³-hybridized carbons (Fsp3) is 0.462. The van der Waals surface area contributed by atoms with Crippen LogP contribution in [0.2, 0.25) is 0 Å². The molecular formula is C13H18N4. The van der Waals surface area contributed by atoms with Gasteiger partial charge in [0.25, 0.3) is 0 Å². The molecule has 0 bridgehead atoms. The number of rotatable bonds is 1. The molecule has 4 heteroatoms. The van der Waals surface area contributed by atoms with E-state index in [1.54, 1.807) is 0 Å². The van der Waals surface area contributed by atoms with Crippen LogP contribution >= 0.6 is 0 Å². The highest BCUT2D eigenvalue weighted by atomic mass is 15.2. The molecule has 2 N–H and O–H groups in total. The molecule has 2 aromatic rings. The summed E-state index contributed by atoms with van der Waals surface area (Å²) in [6, 6.07) is 4.16. The number of nitrogen functional groups attached to an aromatic ring is 1. The summed E-state index contributed by atoms with van der Waals surface area (Å²) < 4.78 is 1.84. The van der Waals surface area contributed by atoms with Gasteiger partial charge in [0, 0.05) is 31.7 Å². The third-order valence-electron chi connectivity index (χ3n) is 3.46. The second-order valence-electron chi connectivity index (χ2n) is 4.82. The maximum absolute atomic E-state index is 6.14. The highest BCUT2D eigenvalue weighted by molar-refractivity contribution is 5.89. The lowest BCUT2D eigenvalue weighted by atomic mass is 10.1. The van der Waals surface area contributed by atoms with Crippen LogP contribution in [0.4, 0.5) is 11.4 Å². The Bertz CT molecular complexity index is 538. The third-order valence-corrected chi connectivity index (χ3v) is 3.46. The van der Waals surface area contributed by atoms with Crippen LogP contribution in [0, 0.1) is 0 Å². The van der Waals surface area contributed by atoms with E-state index in [0.717, 1.165) is 24.3 Å². The molecule has 0 aliphatic carbocycles. The quantitative estimate of drug-likeness (QED) is 0.763. The van der Waals surface area contributed by atoms with E-state index in [1.165, 1.54) is 30.3 Å². The van der Waals surface area contributed by atoms with Gasteiger partial charge in [0.05, 0.1) is 16.9 Å². The van der Waals surface area contributed by atoms with Crippen molar-refractivity contribution >= 4 is 22.3 Å². The molecule has 3 rings (SSSR count). The van der Waals surface area contributed by atoms with Gasteiger partial charge >= 0.3 is 0 Å². The molecule has 0 amide bonds. The first kappa shape index (κ1) is 10.4. The van der Waals surface area contributed by atoms with Crippen molar-refractivity contribution < 1.29 is 0 Å². The van der Waals surface area contributed by atoms with E-state index >= 15 is 0 Å². The van der Waals surface area contributed by atoms with Gasteiger partial charge in [-0.3, -0.25) is 4.68 Å². The predicted octanol–water partition coefficient (Wildman–Crippen LogP) is 2.15. The zero-order valence-corrected chi connectivity index (χ0v) is 10.2. The fourth-order valence-electron chi connectivity index (χ4n) is 2.61. The number of aryl methyl sites for hydroxylation is 1. The van der Waals surface area contributed by atoms with Gasteiger partial charge in [0.2, 0.25) is 0 Å². The van der Waals surface area contributed by atoms with Crippen molar-refractivity contribution in [1.29, 1.82) is 0 Å². The molecule has 17 heavy (non-hydrogen) atoms. The van der Waals surface area contributed by atoms with Crippen molar-refractivity contribution in [3.8, 4) is 0 Å². The van der Waals surface area contributed by atoms with E-state index in [4.69, 9.17) is 5.73 Å². The zero-order chi connectivity index (χ0) is 11.8. The first-order chi connectivity index (χ1) is 8.24. The Labute approximate surface area is 101 Å². The van der Waals surface area contributed by atoms with Gasteiger partial charge in [0.15, 0.2) is 0 Å². The van der Waals surface area contributed by atoms with Crippen LogP contribution < -0.4 is 10.6 Å². The van der Waals surface area contributed by atoms with Gasteiger partial charge in [-0.1, -0.05) is 0 Å². The molecule has 0 radical (unpaired) electrons. The normalized spacial score (nSPS) is 16.6. The SMILES string of the molecule is Cn1cc2cc(N3CCCCC3)c(N)cc2n1. The number of benzene rings is 1. The first-order valence-electron chi connectivity index (χ1n) is 6.22. The summed E-state index contributed by atoms with van der Waals surface area (Å²) in [6.07, 6.45) is 5.92. The van der Waals surface area contributed by atoms with E-state index in [-0.39, 0.29) is 0 Å². The minimum atomic E-state index is 0.845. The molecule has 1 saturated heterocycles. The molecule has 1 fully saturated rings. The number of nitrogens with two attached hydrogens (primary N) is 1. The van der Waals surface area contributed by atoms with E-state index in [0.29, 0.717) is 0 Å². The average molecular weight is 230 g/mol. The molecule has 0 atom stereocenters. The average Bonchev–Trinajstić information content (AvgIpc) is 2.68. The van der Waals surface area contributed by atoms with Crippen LogP contribution in [0.5, 0.6) is 0 Å². The van der Waals surface area contributed by atoms with Crippen LogP contribution in [0.3, 0.4) is 0 Å². The highest BCUT2D eigenvalue weighted by Gasteiger charge is 2.14. The first-order valence-corrected chi connectivity index (χ1v) is 6.22. The highest BCUT2D eigenvalue weighted by Crippen LogP contribution is 2.30. The van der Waals surface area contributed by atoms with Crippen molar-refractivity contribution in [3.63, 3.8) is 0 Å². The second kappa shape index (κ2) is 3.95. The molecule has 2 heterocycles. The van der Waals surface area contributed by atoms with E-state index in [2.05, 4.69) is 16.1 Å². The van der Waals surface area contributed by atoms with Gasteiger partial charge in [-0.25, -0.2) is 0 Å². The number of aromatic nitrogens is 2. The summed E-state index contributed by atoms with van der Waals surface area (Å²) in [5.74, 6) is 0. The zero-order valence-electron chi connectivity index (χ0n) is 10.2. The number of hydrogen-bond acceptors (Lipinski definition) is 3. The topological polar surface area (TPSA) is 47.1 Å². The minimum absolute atomic E-state index is 0.845. The smallest absolute Gasteiger partial charge is 0.0945 e. The Kier molecular flexibility index (Phi) is 2.42. The van der Waals surface area contributed by atoms with Gasteiger partial charge in [-0.05, 0) is 31.4 Å². The molecular weight excluding hydrogens is 212 g/mol. The number of fused-ring (bicyclic) bond motifs is 1. The summed E-state index contributed by atoms with van der Waals surface area (Å²) in [6.45, 7) is 2.24. The van der Waals surface area contributed by atoms with Gasteiger partial charge in [-0.15, -0.1) is 0 Å². The summed E-state index contributed by atoms with van der Waals surface area (Å²) in [4.78, 5) is 2.39. The van der Waals surface area contributed by atoms with E-state index in [9.17, 15) is 0 Å². The summed E-state index contributed by atoms with van der Waals surface area (Å²) in [7, 11) is 1.94. The predicted molar refractivity (Wildman–Crippen MR) is 71.2 cm³/mol. The van der Waals surface area contributed by atoms with Crippen LogP contribution in [-0.2, 0) is 7.05 Å². The Morgan fingerprint density at radius 3 is 2.71 bits per heavy atom. The molecule has 4 nitrogen and oxygen atoms in total. The molecule has 90 valence electrons. The monoisotopic (exact) mass is 230 g/mol. The Hall–Kier alpha value is -1.71. The van der Waals surface area contributed by atoms with Crippen molar-refractivity contribution in [2.24, 2.45) is 7.05 Å². The number of anilines is 2. The lowest BCUT2D eigenvalue weighted by molar-refractivity contribution is 0.578. The van der Waals surface area contributed by atoms with Crippen molar-refractivity contribution in [2.45, 2.75) is 19.3 Å². The van der Waals surface area contributed by atoms with E-state index < -0.39 is 0 Å². The molecule has 1 aliphatic heterocycles. The second-order valence-corrected chi connectivity index (χ2v) is 4.82. The van der Waals surface area contributed by atoms with Crippen LogP contribution in [0.15, 0.2) is 18.3 Å². The van der Waals surface area contributed by atoms with Crippen molar-refractivity contribution in [2.75, 3.05) is 23.7 Å².